The molecule has 1 aromatic carbocycles. The van der Waals surface area contributed by atoms with Crippen LogP contribution in [-0.2, 0) is 0 Å². The Kier molecular flexibility index (Phi) is 5.89. The quantitative estimate of drug-likeness (QED) is 0.907. The second-order valence-corrected chi connectivity index (χ2v) is 5.92. The first kappa shape index (κ1) is 17.9. The predicted octanol–water partition coefficient (Wildman–Crippen LogP) is 1.58. The molecular formula is C17H25N3O4. The second kappa shape index (κ2) is 7.90. The molecular weight excluding hydrogens is 310 g/mol. The highest BCUT2D eigenvalue weighted by atomic mass is 16.5. The maximum atomic E-state index is 12.9. The summed E-state index contributed by atoms with van der Waals surface area (Å²) < 4.78 is 10.6. The summed E-state index contributed by atoms with van der Waals surface area (Å²) in [6, 6.07) is 5.26. The monoisotopic (exact) mass is 335 g/mol. The van der Waals surface area contributed by atoms with Crippen molar-refractivity contribution in [3.05, 3.63) is 23.8 Å². The number of amides is 3. The molecule has 1 fully saturated rings. The number of rotatable bonds is 4. The standard InChI is InChI=1S/C17H25N3O4/c1-12(2)18-17(22)20-10-8-19(9-11-20)16(21)15-13(23-3)6-5-7-14(15)24-4/h5-7,12H,8-11H2,1-4H3,(H,18,22). The van der Waals surface area contributed by atoms with Crippen molar-refractivity contribution in [2.24, 2.45) is 0 Å². The molecule has 1 aliphatic heterocycles. The molecule has 1 heterocycles. The molecule has 1 aliphatic rings. The molecule has 0 aliphatic carbocycles. The number of ether oxygens (including phenoxy) is 2. The van der Waals surface area contributed by atoms with E-state index in [9.17, 15) is 9.59 Å². The van der Waals surface area contributed by atoms with Crippen LogP contribution in [0, 0.1) is 0 Å². The van der Waals surface area contributed by atoms with Gasteiger partial charge in [-0.1, -0.05) is 6.07 Å². The van der Waals surface area contributed by atoms with Gasteiger partial charge in [0.25, 0.3) is 5.91 Å². The van der Waals surface area contributed by atoms with E-state index in [1.807, 2.05) is 13.8 Å². The summed E-state index contributed by atoms with van der Waals surface area (Å²) in [6.45, 7) is 5.80. The number of nitrogens with zero attached hydrogens (tertiary/aromatic N) is 2. The highest BCUT2D eigenvalue weighted by Crippen LogP contribution is 2.29. The zero-order valence-electron chi connectivity index (χ0n) is 14.7. The van der Waals surface area contributed by atoms with Gasteiger partial charge in [-0.05, 0) is 26.0 Å². The Morgan fingerprint density at radius 3 is 1.96 bits per heavy atom. The summed E-state index contributed by atoms with van der Waals surface area (Å²) in [5, 5.41) is 2.87. The summed E-state index contributed by atoms with van der Waals surface area (Å²) >= 11 is 0. The summed E-state index contributed by atoms with van der Waals surface area (Å²) in [5.74, 6) is 0.826. The van der Waals surface area contributed by atoms with E-state index in [4.69, 9.17) is 9.47 Å². The van der Waals surface area contributed by atoms with Crippen molar-refractivity contribution >= 4 is 11.9 Å². The van der Waals surface area contributed by atoms with E-state index in [-0.39, 0.29) is 18.0 Å². The van der Waals surface area contributed by atoms with Gasteiger partial charge in [-0.15, -0.1) is 0 Å². The number of nitrogens with one attached hydrogen (secondary N) is 1. The minimum absolute atomic E-state index is 0.0908. The van der Waals surface area contributed by atoms with E-state index < -0.39 is 0 Å². The number of piperazine rings is 1. The molecule has 0 aromatic heterocycles. The molecule has 0 unspecified atom stereocenters. The molecule has 0 saturated carbocycles. The van der Waals surface area contributed by atoms with Crippen LogP contribution in [0.1, 0.15) is 24.2 Å². The van der Waals surface area contributed by atoms with Crippen LogP contribution < -0.4 is 14.8 Å². The van der Waals surface area contributed by atoms with Crippen molar-refractivity contribution in [1.29, 1.82) is 0 Å². The third-order valence-electron chi connectivity index (χ3n) is 3.91. The van der Waals surface area contributed by atoms with Crippen molar-refractivity contribution in [1.82, 2.24) is 15.1 Å². The first-order valence-corrected chi connectivity index (χ1v) is 8.03. The van der Waals surface area contributed by atoms with Gasteiger partial charge in [0, 0.05) is 32.2 Å². The van der Waals surface area contributed by atoms with E-state index in [1.54, 1.807) is 28.0 Å². The molecule has 3 amide bonds. The van der Waals surface area contributed by atoms with Crippen LogP contribution in [-0.4, -0.2) is 68.2 Å². The minimum atomic E-state index is -0.145. The minimum Gasteiger partial charge on any atom is -0.496 e. The number of hydrogen-bond donors (Lipinski definition) is 1. The molecule has 132 valence electrons. The lowest BCUT2D eigenvalue weighted by molar-refractivity contribution is 0.0657. The van der Waals surface area contributed by atoms with Gasteiger partial charge in [0.05, 0.1) is 14.2 Å². The molecule has 7 nitrogen and oxygen atoms in total. The zero-order valence-corrected chi connectivity index (χ0v) is 14.7. The van der Waals surface area contributed by atoms with Crippen LogP contribution >= 0.6 is 0 Å². The zero-order chi connectivity index (χ0) is 17.7. The number of carbonyl (C=O) groups is 2. The van der Waals surface area contributed by atoms with Crippen LogP contribution in [0.2, 0.25) is 0 Å². The normalized spacial score (nSPS) is 14.5. The molecule has 24 heavy (non-hydrogen) atoms. The fourth-order valence-corrected chi connectivity index (χ4v) is 2.67. The lowest BCUT2D eigenvalue weighted by Gasteiger charge is -2.35. The topological polar surface area (TPSA) is 71.1 Å². The molecule has 0 radical (unpaired) electrons. The highest BCUT2D eigenvalue weighted by molar-refractivity contribution is 5.99. The van der Waals surface area contributed by atoms with Gasteiger partial charge in [-0.2, -0.15) is 0 Å². The summed E-state index contributed by atoms with van der Waals surface area (Å²) in [7, 11) is 3.06. The number of carbonyl (C=O) groups excluding carboxylic acids is 2. The molecule has 1 saturated heterocycles. The smallest absolute Gasteiger partial charge is 0.317 e. The second-order valence-electron chi connectivity index (χ2n) is 5.92. The molecule has 0 atom stereocenters. The molecule has 7 heteroatoms. The molecule has 0 spiro atoms. The van der Waals surface area contributed by atoms with Gasteiger partial charge >= 0.3 is 6.03 Å². The van der Waals surface area contributed by atoms with Gasteiger partial charge in [0.15, 0.2) is 0 Å². The fourth-order valence-electron chi connectivity index (χ4n) is 2.67. The third kappa shape index (κ3) is 3.90. The van der Waals surface area contributed by atoms with Crippen LogP contribution in [0.15, 0.2) is 18.2 Å². The first-order valence-electron chi connectivity index (χ1n) is 8.03. The SMILES string of the molecule is COc1cccc(OC)c1C(=O)N1CCN(C(=O)NC(C)C)CC1. The van der Waals surface area contributed by atoms with Crippen molar-refractivity contribution in [2.45, 2.75) is 19.9 Å². The Morgan fingerprint density at radius 2 is 1.50 bits per heavy atom. The van der Waals surface area contributed by atoms with Gasteiger partial charge in [-0.3, -0.25) is 4.79 Å². The Balaban J connectivity index is 2.07. The van der Waals surface area contributed by atoms with Crippen LogP contribution in [0.3, 0.4) is 0 Å². The largest absolute Gasteiger partial charge is 0.496 e. The molecule has 0 bridgehead atoms. The summed E-state index contributed by atoms with van der Waals surface area (Å²) in [6.07, 6.45) is 0. The van der Waals surface area contributed by atoms with Gasteiger partial charge in [0.1, 0.15) is 17.1 Å². The average Bonchev–Trinajstić information content (AvgIpc) is 2.59. The summed E-state index contributed by atoms with van der Waals surface area (Å²) in [5.41, 5.74) is 0.419. The Morgan fingerprint density at radius 1 is 1.00 bits per heavy atom. The lowest BCUT2D eigenvalue weighted by atomic mass is 10.1. The Hall–Kier alpha value is -2.44. The molecule has 1 N–H and O–H groups in total. The number of benzene rings is 1. The number of hydrogen-bond acceptors (Lipinski definition) is 4. The van der Waals surface area contributed by atoms with Crippen molar-refractivity contribution in [3.8, 4) is 11.5 Å². The first-order chi connectivity index (χ1) is 11.5. The third-order valence-corrected chi connectivity index (χ3v) is 3.91. The number of urea groups is 1. The van der Waals surface area contributed by atoms with Crippen LogP contribution in [0.4, 0.5) is 4.79 Å². The average molecular weight is 335 g/mol. The van der Waals surface area contributed by atoms with Gasteiger partial charge < -0.3 is 24.6 Å². The maximum Gasteiger partial charge on any atom is 0.317 e. The van der Waals surface area contributed by atoms with Gasteiger partial charge in [-0.25, -0.2) is 4.79 Å². The molecule has 1 aromatic rings. The van der Waals surface area contributed by atoms with Crippen molar-refractivity contribution in [3.63, 3.8) is 0 Å². The Bertz CT molecular complexity index is 573. The van der Waals surface area contributed by atoms with E-state index in [1.165, 1.54) is 14.2 Å². The number of methoxy groups -OCH3 is 2. The summed E-state index contributed by atoms with van der Waals surface area (Å²) in [4.78, 5) is 28.3. The molecule has 2 rings (SSSR count). The van der Waals surface area contributed by atoms with Crippen molar-refractivity contribution < 1.29 is 19.1 Å². The van der Waals surface area contributed by atoms with E-state index in [0.29, 0.717) is 43.2 Å². The van der Waals surface area contributed by atoms with E-state index in [0.717, 1.165) is 0 Å². The van der Waals surface area contributed by atoms with E-state index >= 15 is 0 Å². The maximum absolute atomic E-state index is 12.9. The highest BCUT2D eigenvalue weighted by Gasteiger charge is 2.28. The van der Waals surface area contributed by atoms with E-state index in [2.05, 4.69) is 5.32 Å². The van der Waals surface area contributed by atoms with Gasteiger partial charge in [0.2, 0.25) is 0 Å². The Labute approximate surface area is 142 Å². The predicted molar refractivity (Wildman–Crippen MR) is 90.7 cm³/mol. The van der Waals surface area contributed by atoms with Crippen LogP contribution in [0.25, 0.3) is 0 Å². The van der Waals surface area contributed by atoms with Crippen LogP contribution in [0.5, 0.6) is 11.5 Å². The van der Waals surface area contributed by atoms with Crippen molar-refractivity contribution in [2.75, 3.05) is 40.4 Å². The lowest BCUT2D eigenvalue weighted by Crippen LogP contribution is -2.54. The fraction of sp³-hybridized carbons (Fsp3) is 0.529.